The Morgan fingerprint density at radius 3 is 3.27 bits per heavy atom. The Labute approximate surface area is 93.1 Å². The predicted octanol–water partition coefficient (Wildman–Crippen LogP) is 0.901. The molecule has 1 saturated heterocycles. The number of hydrogen-bond acceptors (Lipinski definition) is 4. The zero-order chi connectivity index (χ0) is 10.5. The van der Waals surface area contributed by atoms with Gasteiger partial charge in [0.05, 0.1) is 12.6 Å². The van der Waals surface area contributed by atoms with E-state index in [2.05, 4.69) is 15.6 Å². The highest BCUT2D eigenvalue weighted by molar-refractivity contribution is 7.09. The molecular formula is C10H15N3OS. The third-order valence-corrected chi connectivity index (χ3v) is 3.30. The molecule has 4 nitrogen and oxygen atoms in total. The molecule has 2 rings (SSSR count). The van der Waals surface area contributed by atoms with Gasteiger partial charge in [0.25, 0.3) is 0 Å². The molecule has 2 heterocycles. The largest absolute Gasteiger partial charge is 0.348 e. The van der Waals surface area contributed by atoms with Crippen LogP contribution in [0.5, 0.6) is 0 Å². The number of nitrogens with zero attached hydrogens (tertiary/aromatic N) is 1. The van der Waals surface area contributed by atoms with Crippen LogP contribution in [0.1, 0.15) is 24.3 Å². The number of amides is 1. The quantitative estimate of drug-likeness (QED) is 0.803. The molecule has 1 unspecified atom stereocenters. The van der Waals surface area contributed by atoms with Gasteiger partial charge in [-0.2, -0.15) is 0 Å². The number of piperidine rings is 1. The van der Waals surface area contributed by atoms with Gasteiger partial charge in [-0.1, -0.05) is 6.42 Å². The second-order valence-electron chi connectivity index (χ2n) is 3.65. The van der Waals surface area contributed by atoms with E-state index >= 15 is 0 Å². The second kappa shape index (κ2) is 5.23. The topological polar surface area (TPSA) is 54.0 Å². The van der Waals surface area contributed by atoms with Crippen LogP contribution in [0.4, 0.5) is 0 Å². The highest BCUT2D eigenvalue weighted by atomic mass is 32.1. The van der Waals surface area contributed by atoms with Crippen molar-refractivity contribution in [1.29, 1.82) is 0 Å². The maximum Gasteiger partial charge on any atom is 0.237 e. The molecule has 1 aliphatic rings. The fourth-order valence-corrected chi connectivity index (χ4v) is 2.26. The number of carbonyl (C=O) groups is 1. The molecule has 1 aliphatic heterocycles. The Morgan fingerprint density at radius 2 is 2.60 bits per heavy atom. The van der Waals surface area contributed by atoms with E-state index in [1.807, 2.05) is 5.38 Å². The van der Waals surface area contributed by atoms with Gasteiger partial charge >= 0.3 is 0 Å². The zero-order valence-corrected chi connectivity index (χ0v) is 9.35. The first kappa shape index (κ1) is 10.6. The smallest absolute Gasteiger partial charge is 0.237 e. The minimum absolute atomic E-state index is 0.00119. The summed E-state index contributed by atoms with van der Waals surface area (Å²) < 4.78 is 0. The summed E-state index contributed by atoms with van der Waals surface area (Å²) in [4.78, 5) is 15.8. The van der Waals surface area contributed by atoms with Crippen molar-refractivity contribution in [3.8, 4) is 0 Å². The van der Waals surface area contributed by atoms with E-state index in [-0.39, 0.29) is 11.9 Å². The minimum Gasteiger partial charge on any atom is -0.348 e. The summed E-state index contributed by atoms with van der Waals surface area (Å²) >= 11 is 1.57. The summed E-state index contributed by atoms with van der Waals surface area (Å²) in [5.74, 6) is 0.102. The van der Waals surface area contributed by atoms with Crippen molar-refractivity contribution < 1.29 is 4.79 Å². The first-order valence-electron chi connectivity index (χ1n) is 5.26. The summed E-state index contributed by atoms with van der Waals surface area (Å²) in [6.07, 6.45) is 5.02. The van der Waals surface area contributed by atoms with E-state index in [0.717, 1.165) is 24.4 Å². The summed E-state index contributed by atoms with van der Waals surface area (Å²) in [5, 5.41) is 9.00. The number of nitrogens with one attached hydrogen (secondary N) is 2. The Bertz CT molecular complexity index is 306. The van der Waals surface area contributed by atoms with Crippen LogP contribution in [-0.2, 0) is 11.3 Å². The highest BCUT2D eigenvalue weighted by Crippen LogP contribution is 2.08. The van der Waals surface area contributed by atoms with Crippen LogP contribution in [0, 0.1) is 0 Å². The summed E-state index contributed by atoms with van der Waals surface area (Å²) in [6.45, 7) is 1.50. The van der Waals surface area contributed by atoms with Gasteiger partial charge in [-0.05, 0) is 19.4 Å². The van der Waals surface area contributed by atoms with Gasteiger partial charge < -0.3 is 10.6 Å². The average Bonchev–Trinajstić information content (AvgIpc) is 2.80. The maximum absolute atomic E-state index is 11.7. The molecule has 1 fully saturated rings. The van der Waals surface area contributed by atoms with Crippen LogP contribution in [-0.4, -0.2) is 23.5 Å². The van der Waals surface area contributed by atoms with Crippen molar-refractivity contribution >= 4 is 17.2 Å². The van der Waals surface area contributed by atoms with Gasteiger partial charge in [-0.15, -0.1) is 11.3 Å². The van der Waals surface area contributed by atoms with E-state index in [1.54, 1.807) is 17.5 Å². The Balaban J connectivity index is 1.76. The zero-order valence-electron chi connectivity index (χ0n) is 8.53. The van der Waals surface area contributed by atoms with E-state index in [4.69, 9.17) is 0 Å². The lowest BCUT2D eigenvalue weighted by atomic mass is 10.0. The molecule has 0 aromatic carbocycles. The molecular weight excluding hydrogens is 210 g/mol. The standard InChI is InChI=1S/C10H15N3OS/c14-10(8-3-1-2-4-11-8)13-7-9-12-5-6-15-9/h5-6,8,11H,1-4,7H2,(H,13,14). The lowest BCUT2D eigenvalue weighted by Gasteiger charge is -2.22. The Kier molecular flexibility index (Phi) is 3.69. The molecule has 0 bridgehead atoms. The van der Waals surface area contributed by atoms with Gasteiger partial charge in [0.2, 0.25) is 5.91 Å². The molecule has 0 radical (unpaired) electrons. The molecule has 1 amide bonds. The number of carbonyl (C=O) groups excluding carboxylic acids is 1. The van der Waals surface area contributed by atoms with Crippen molar-refractivity contribution in [2.75, 3.05) is 6.54 Å². The molecule has 0 spiro atoms. The molecule has 15 heavy (non-hydrogen) atoms. The van der Waals surface area contributed by atoms with E-state index in [1.165, 1.54) is 6.42 Å². The lowest BCUT2D eigenvalue weighted by molar-refractivity contribution is -0.123. The summed E-state index contributed by atoms with van der Waals surface area (Å²) in [7, 11) is 0. The molecule has 2 N–H and O–H groups in total. The molecule has 0 aliphatic carbocycles. The fourth-order valence-electron chi connectivity index (χ4n) is 1.70. The predicted molar refractivity (Wildman–Crippen MR) is 59.6 cm³/mol. The van der Waals surface area contributed by atoms with Crippen LogP contribution >= 0.6 is 11.3 Å². The van der Waals surface area contributed by atoms with Gasteiger partial charge in [0, 0.05) is 11.6 Å². The van der Waals surface area contributed by atoms with Gasteiger partial charge in [-0.3, -0.25) is 4.79 Å². The fraction of sp³-hybridized carbons (Fsp3) is 0.600. The first-order valence-corrected chi connectivity index (χ1v) is 6.14. The number of aromatic nitrogens is 1. The molecule has 1 aromatic rings. The average molecular weight is 225 g/mol. The molecule has 1 aromatic heterocycles. The first-order chi connectivity index (χ1) is 7.36. The lowest BCUT2D eigenvalue weighted by Crippen LogP contribution is -2.46. The van der Waals surface area contributed by atoms with Crippen LogP contribution < -0.4 is 10.6 Å². The van der Waals surface area contributed by atoms with Crippen molar-refractivity contribution in [3.05, 3.63) is 16.6 Å². The van der Waals surface area contributed by atoms with E-state index in [9.17, 15) is 4.79 Å². The van der Waals surface area contributed by atoms with Crippen molar-refractivity contribution in [2.45, 2.75) is 31.8 Å². The third-order valence-electron chi connectivity index (χ3n) is 2.52. The van der Waals surface area contributed by atoms with Crippen LogP contribution in [0.15, 0.2) is 11.6 Å². The normalized spacial score (nSPS) is 21.2. The number of rotatable bonds is 3. The van der Waals surface area contributed by atoms with Crippen LogP contribution in [0.2, 0.25) is 0 Å². The van der Waals surface area contributed by atoms with E-state index in [0.29, 0.717) is 6.54 Å². The number of thiazole rings is 1. The molecule has 0 saturated carbocycles. The van der Waals surface area contributed by atoms with Gasteiger partial charge in [-0.25, -0.2) is 4.98 Å². The Hall–Kier alpha value is -0.940. The van der Waals surface area contributed by atoms with Crippen molar-refractivity contribution in [2.24, 2.45) is 0 Å². The second-order valence-corrected chi connectivity index (χ2v) is 4.63. The highest BCUT2D eigenvalue weighted by Gasteiger charge is 2.19. The summed E-state index contributed by atoms with van der Waals surface area (Å²) in [5.41, 5.74) is 0. The van der Waals surface area contributed by atoms with Crippen LogP contribution in [0.25, 0.3) is 0 Å². The van der Waals surface area contributed by atoms with Crippen molar-refractivity contribution in [3.63, 3.8) is 0 Å². The molecule has 5 heteroatoms. The minimum atomic E-state index is -0.00119. The Morgan fingerprint density at radius 1 is 1.67 bits per heavy atom. The molecule has 82 valence electrons. The SMILES string of the molecule is O=C(NCc1nccs1)C1CCCCN1. The maximum atomic E-state index is 11.7. The van der Waals surface area contributed by atoms with Crippen LogP contribution in [0.3, 0.4) is 0 Å². The van der Waals surface area contributed by atoms with E-state index < -0.39 is 0 Å². The molecule has 1 atom stereocenters. The van der Waals surface area contributed by atoms with Crippen molar-refractivity contribution in [1.82, 2.24) is 15.6 Å². The van der Waals surface area contributed by atoms with Gasteiger partial charge in [0.1, 0.15) is 5.01 Å². The monoisotopic (exact) mass is 225 g/mol. The third kappa shape index (κ3) is 3.00. The number of hydrogen-bond donors (Lipinski definition) is 2. The summed E-state index contributed by atoms with van der Waals surface area (Å²) in [6, 6.07) is -0.00119. The van der Waals surface area contributed by atoms with Gasteiger partial charge in [0.15, 0.2) is 0 Å².